The summed E-state index contributed by atoms with van der Waals surface area (Å²) in [7, 11) is 1.77. The highest BCUT2D eigenvalue weighted by atomic mass is 35.5. The van der Waals surface area contributed by atoms with E-state index in [-0.39, 0.29) is 5.91 Å². The molecule has 0 bridgehead atoms. The van der Waals surface area contributed by atoms with Crippen LogP contribution in [0.5, 0.6) is 0 Å². The number of carbonyl (C=O) groups is 1. The van der Waals surface area contributed by atoms with Crippen molar-refractivity contribution in [3.8, 4) is 0 Å². The molecule has 2 aliphatic heterocycles. The Bertz CT molecular complexity index is 846. The Morgan fingerprint density at radius 1 is 1.21 bits per heavy atom. The summed E-state index contributed by atoms with van der Waals surface area (Å²) < 4.78 is 1.58. The molecule has 1 unspecified atom stereocenters. The molecule has 0 aliphatic carbocycles. The molecule has 7 nitrogen and oxygen atoms in total. The van der Waals surface area contributed by atoms with Gasteiger partial charge in [0.15, 0.2) is 0 Å². The van der Waals surface area contributed by atoms with Gasteiger partial charge in [0.1, 0.15) is 11.0 Å². The molecule has 2 aromatic heterocycles. The zero-order chi connectivity index (χ0) is 20.4. The molecule has 0 spiro atoms. The Labute approximate surface area is 177 Å². The quantitative estimate of drug-likeness (QED) is 0.766. The Morgan fingerprint density at radius 3 is 2.66 bits per heavy atom. The van der Waals surface area contributed by atoms with Crippen LogP contribution in [-0.2, 0) is 7.05 Å². The first-order valence-electron chi connectivity index (χ1n) is 10.4. The van der Waals surface area contributed by atoms with Crippen LogP contribution in [-0.4, -0.2) is 76.3 Å². The molecular weight excluding hydrogens is 388 g/mol. The summed E-state index contributed by atoms with van der Waals surface area (Å²) in [5, 5.41) is 4.72. The first-order chi connectivity index (χ1) is 14.0. The van der Waals surface area contributed by atoms with E-state index >= 15 is 0 Å². The fraction of sp³-hybridized carbons (Fsp3) is 0.571. The molecule has 4 heterocycles. The molecule has 8 heteroatoms. The molecule has 4 rings (SSSR count). The maximum absolute atomic E-state index is 13.1. The maximum atomic E-state index is 13.1. The molecule has 2 aliphatic rings. The monoisotopic (exact) mass is 416 g/mol. The van der Waals surface area contributed by atoms with E-state index in [1.807, 2.05) is 30.2 Å². The minimum absolute atomic E-state index is 0.0188. The van der Waals surface area contributed by atoms with Crippen molar-refractivity contribution < 1.29 is 4.79 Å². The average molecular weight is 417 g/mol. The lowest BCUT2D eigenvalue weighted by Crippen LogP contribution is -2.50. The van der Waals surface area contributed by atoms with Crippen LogP contribution in [0.25, 0.3) is 0 Å². The topological polar surface area (TPSA) is 57.5 Å². The first-order valence-corrected chi connectivity index (χ1v) is 10.8. The summed E-state index contributed by atoms with van der Waals surface area (Å²) in [5.74, 6) is 1.58. The van der Waals surface area contributed by atoms with Gasteiger partial charge in [-0.15, -0.1) is 0 Å². The molecular formula is C21H29ClN6O. The van der Waals surface area contributed by atoms with Gasteiger partial charge in [-0.05, 0) is 37.8 Å². The van der Waals surface area contributed by atoms with Gasteiger partial charge in [-0.25, -0.2) is 4.98 Å². The molecule has 156 valence electrons. The summed E-state index contributed by atoms with van der Waals surface area (Å²) in [6, 6.07) is 6.07. The second kappa shape index (κ2) is 8.71. The van der Waals surface area contributed by atoms with Gasteiger partial charge in [-0.2, -0.15) is 5.10 Å². The van der Waals surface area contributed by atoms with E-state index in [1.165, 1.54) is 6.42 Å². The zero-order valence-electron chi connectivity index (χ0n) is 17.2. The predicted octanol–water partition coefficient (Wildman–Crippen LogP) is 2.45. The summed E-state index contributed by atoms with van der Waals surface area (Å²) in [6.07, 6.45) is 4.07. The molecule has 2 fully saturated rings. The van der Waals surface area contributed by atoms with Crippen molar-refractivity contribution in [2.24, 2.45) is 13.0 Å². The minimum atomic E-state index is 0.0188. The number of piperidine rings is 1. The van der Waals surface area contributed by atoms with E-state index in [1.54, 1.807) is 11.7 Å². The number of hydrogen-bond acceptors (Lipinski definition) is 5. The molecule has 29 heavy (non-hydrogen) atoms. The number of likely N-dealkylation sites (tertiary alicyclic amines) is 1. The molecule has 2 aromatic rings. The number of halogens is 1. The molecule has 0 saturated carbocycles. The van der Waals surface area contributed by atoms with Crippen LogP contribution in [0.1, 0.15) is 28.9 Å². The van der Waals surface area contributed by atoms with Crippen LogP contribution >= 0.6 is 11.6 Å². The van der Waals surface area contributed by atoms with E-state index in [9.17, 15) is 4.79 Å². The van der Waals surface area contributed by atoms with Gasteiger partial charge in [0.05, 0.1) is 11.3 Å². The number of carbonyl (C=O) groups excluding carboxylic acids is 1. The molecule has 1 atom stereocenters. The van der Waals surface area contributed by atoms with Crippen LogP contribution in [0.4, 0.5) is 5.82 Å². The number of piperazine rings is 1. The predicted molar refractivity (Wildman–Crippen MR) is 114 cm³/mol. The standard InChI is InChI=1S/C21H29ClN6O/c1-16-19(20(22)25(2)24-16)21(29)28-9-5-6-17(15-28)14-26-10-12-27(13-11-26)18-7-3-4-8-23-18/h3-4,7-8,17H,5-6,9-15H2,1-2H3. The zero-order valence-corrected chi connectivity index (χ0v) is 18.0. The smallest absolute Gasteiger partial charge is 0.258 e. The largest absolute Gasteiger partial charge is 0.354 e. The molecule has 1 amide bonds. The van der Waals surface area contributed by atoms with E-state index in [0.717, 1.165) is 58.1 Å². The van der Waals surface area contributed by atoms with E-state index in [4.69, 9.17) is 11.6 Å². The number of nitrogens with zero attached hydrogens (tertiary/aromatic N) is 6. The Hall–Kier alpha value is -2.12. The SMILES string of the molecule is Cc1nn(C)c(Cl)c1C(=O)N1CCCC(CN2CCN(c3ccccn3)CC2)C1. The maximum Gasteiger partial charge on any atom is 0.258 e. The fourth-order valence-corrected chi connectivity index (χ4v) is 4.75. The van der Waals surface area contributed by atoms with Gasteiger partial charge in [0, 0.05) is 59.1 Å². The summed E-state index contributed by atoms with van der Waals surface area (Å²) in [5.41, 5.74) is 1.26. The molecule has 0 radical (unpaired) electrons. The Morgan fingerprint density at radius 2 is 2.00 bits per heavy atom. The normalized spacial score (nSPS) is 20.9. The summed E-state index contributed by atoms with van der Waals surface area (Å²) >= 11 is 6.32. The van der Waals surface area contributed by atoms with Crippen LogP contribution in [0.15, 0.2) is 24.4 Å². The minimum Gasteiger partial charge on any atom is -0.354 e. The van der Waals surface area contributed by atoms with Gasteiger partial charge >= 0.3 is 0 Å². The van der Waals surface area contributed by atoms with Crippen molar-refractivity contribution in [1.29, 1.82) is 0 Å². The van der Waals surface area contributed by atoms with Gasteiger partial charge in [-0.1, -0.05) is 17.7 Å². The Balaban J connectivity index is 1.32. The van der Waals surface area contributed by atoms with Crippen molar-refractivity contribution >= 4 is 23.3 Å². The van der Waals surface area contributed by atoms with Gasteiger partial charge in [0.2, 0.25) is 0 Å². The number of aryl methyl sites for hydroxylation is 2. The van der Waals surface area contributed by atoms with E-state index < -0.39 is 0 Å². The van der Waals surface area contributed by atoms with Gasteiger partial charge in [0.25, 0.3) is 5.91 Å². The number of amides is 1. The van der Waals surface area contributed by atoms with E-state index in [0.29, 0.717) is 22.3 Å². The number of rotatable bonds is 4. The molecule has 2 saturated heterocycles. The van der Waals surface area contributed by atoms with Crippen LogP contribution in [0.2, 0.25) is 5.15 Å². The summed E-state index contributed by atoms with van der Waals surface area (Å²) in [4.78, 5) is 24.4. The third-order valence-corrected chi connectivity index (χ3v) is 6.47. The second-order valence-corrected chi connectivity index (χ2v) is 8.47. The number of anilines is 1. The highest BCUT2D eigenvalue weighted by Gasteiger charge is 2.30. The average Bonchev–Trinajstić information content (AvgIpc) is 3.00. The molecule has 0 N–H and O–H groups in total. The van der Waals surface area contributed by atoms with Gasteiger partial charge < -0.3 is 9.80 Å². The lowest BCUT2D eigenvalue weighted by atomic mass is 9.96. The van der Waals surface area contributed by atoms with Crippen molar-refractivity contribution in [3.05, 3.63) is 40.8 Å². The molecule has 0 aromatic carbocycles. The van der Waals surface area contributed by atoms with Crippen LogP contribution < -0.4 is 4.90 Å². The van der Waals surface area contributed by atoms with Crippen molar-refractivity contribution in [2.75, 3.05) is 50.7 Å². The first kappa shape index (κ1) is 20.2. The Kier molecular flexibility index (Phi) is 6.06. The lowest BCUT2D eigenvalue weighted by Gasteiger charge is -2.39. The highest BCUT2D eigenvalue weighted by molar-refractivity contribution is 6.33. The third-order valence-electron chi connectivity index (χ3n) is 6.03. The van der Waals surface area contributed by atoms with Crippen LogP contribution in [0.3, 0.4) is 0 Å². The van der Waals surface area contributed by atoms with E-state index in [2.05, 4.69) is 25.9 Å². The van der Waals surface area contributed by atoms with Crippen molar-refractivity contribution in [3.63, 3.8) is 0 Å². The second-order valence-electron chi connectivity index (χ2n) is 8.11. The fourth-order valence-electron chi connectivity index (χ4n) is 4.50. The highest BCUT2D eigenvalue weighted by Crippen LogP contribution is 2.25. The van der Waals surface area contributed by atoms with Crippen molar-refractivity contribution in [1.82, 2.24) is 24.6 Å². The van der Waals surface area contributed by atoms with Gasteiger partial charge in [-0.3, -0.25) is 14.4 Å². The number of aromatic nitrogens is 3. The summed E-state index contributed by atoms with van der Waals surface area (Å²) in [6.45, 7) is 8.55. The number of hydrogen-bond donors (Lipinski definition) is 0. The van der Waals surface area contributed by atoms with Crippen LogP contribution in [0, 0.1) is 12.8 Å². The number of pyridine rings is 1. The third kappa shape index (κ3) is 4.41. The lowest BCUT2D eigenvalue weighted by molar-refractivity contribution is 0.0636. The van der Waals surface area contributed by atoms with Crippen molar-refractivity contribution in [2.45, 2.75) is 19.8 Å².